The predicted octanol–water partition coefficient (Wildman–Crippen LogP) is 2.92. The molecule has 0 bridgehead atoms. The maximum absolute atomic E-state index is 12.1. The third kappa shape index (κ3) is 4.89. The van der Waals surface area contributed by atoms with E-state index in [1.54, 1.807) is 26.4 Å². The standard InChI is InChI=1S/C22H22N2O7/c1-26-17-5-3-14(7-20(17)27-2)10-23-22(25)12-28-11-16-9-19(31-24-16)15-4-6-18-21(8-15)30-13-29-18/h3-9H,10-13H2,1-2H3,(H,23,25). The molecule has 2 heterocycles. The molecule has 1 amide bonds. The molecule has 0 saturated carbocycles. The highest BCUT2D eigenvalue weighted by atomic mass is 16.7. The summed E-state index contributed by atoms with van der Waals surface area (Å²) in [6.07, 6.45) is 0. The summed E-state index contributed by atoms with van der Waals surface area (Å²) in [5.74, 6) is 2.94. The van der Waals surface area contributed by atoms with E-state index in [0.29, 0.717) is 41.0 Å². The van der Waals surface area contributed by atoms with Gasteiger partial charge in [-0.25, -0.2) is 0 Å². The van der Waals surface area contributed by atoms with E-state index in [9.17, 15) is 4.79 Å². The molecule has 0 radical (unpaired) electrons. The molecule has 0 unspecified atom stereocenters. The average Bonchev–Trinajstić information content (AvgIpc) is 3.46. The molecule has 0 saturated heterocycles. The van der Waals surface area contributed by atoms with Crippen molar-refractivity contribution in [3.05, 3.63) is 53.7 Å². The zero-order valence-electron chi connectivity index (χ0n) is 17.2. The first-order valence-electron chi connectivity index (χ1n) is 9.57. The van der Waals surface area contributed by atoms with Crippen LogP contribution in [0, 0.1) is 0 Å². The Bertz CT molecular complexity index is 1060. The fraction of sp³-hybridized carbons (Fsp3) is 0.273. The first-order valence-corrected chi connectivity index (χ1v) is 9.57. The van der Waals surface area contributed by atoms with Gasteiger partial charge in [0.1, 0.15) is 12.3 Å². The van der Waals surface area contributed by atoms with Crippen LogP contribution in [0.4, 0.5) is 0 Å². The number of aromatic nitrogens is 1. The van der Waals surface area contributed by atoms with Crippen molar-refractivity contribution in [1.82, 2.24) is 10.5 Å². The lowest BCUT2D eigenvalue weighted by Crippen LogP contribution is -2.27. The Balaban J connectivity index is 1.24. The molecule has 1 aliphatic rings. The highest BCUT2D eigenvalue weighted by Crippen LogP contribution is 2.36. The maximum atomic E-state index is 12.1. The van der Waals surface area contributed by atoms with Gasteiger partial charge in [0.05, 0.1) is 20.8 Å². The Morgan fingerprint density at radius 1 is 1.03 bits per heavy atom. The van der Waals surface area contributed by atoms with Gasteiger partial charge >= 0.3 is 0 Å². The molecule has 9 nitrogen and oxygen atoms in total. The number of carbonyl (C=O) groups excluding carboxylic acids is 1. The topological polar surface area (TPSA) is 101 Å². The zero-order chi connectivity index (χ0) is 21.6. The number of nitrogens with zero attached hydrogens (tertiary/aromatic N) is 1. The third-order valence-corrected chi connectivity index (χ3v) is 4.64. The smallest absolute Gasteiger partial charge is 0.246 e. The SMILES string of the molecule is COc1ccc(CNC(=O)COCc2cc(-c3ccc4c(c3)OCO4)on2)cc1OC. The quantitative estimate of drug-likeness (QED) is 0.557. The molecule has 0 spiro atoms. The van der Waals surface area contributed by atoms with Crippen LogP contribution in [0.2, 0.25) is 0 Å². The molecule has 9 heteroatoms. The number of nitrogens with one attached hydrogen (secondary N) is 1. The van der Waals surface area contributed by atoms with Gasteiger partial charge in [-0.2, -0.15) is 0 Å². The van der Waals surface area contributed by atoms with Crippen molar-refractivity contribution in [1.29, 1.82) is 0 Å². The number of carbonyl (C=O) groups is 1. The number of methoxy groups -OCH3 is 2. The number of hydrogen-bond acceptors (Lipinski definition) is 8. The minimum Gasteiger partial charge on any atom is -0.493 e. The first-order chi connectivity index (χ1) is 15.2. The van der Waals surface area contributed by atoms with E-state index in [-0.39, 0.29) is 25.9 Å². The number of hydrogen-bond donors (Lipinski definition) is 1. The summed E-state index contributed by atoms with van der Waals surface area (Å²) in [5, 5.41) is 6.78. The molecule has 162 valence electrons. The Labute approximate surface area is 178 Å². The van der Waals surface area contributed by atoms with Gasteiger partial charge in [0.15, 0.2) is 28.8 Å². The van der Waals surface area contributed by atoms with Gasteiger partial charge in [0.25, 0.3) is 0 Å². The fourth-order valence-electron chi connectivity index (χ4n) is 3.06. The molecule has 0 fully saturated rings. The van der Waals surface area contributed by atoms with Crippen LogP contribution >= 0.6 is 0 Å². The predicted molar refractivity (Wildman–Crippen MR) is 109 cm³/mol. The van der Waals surface area contributed by atoms with Gasteiger partial charge in [-0.1, -0.05) is 11.2 Å². The fourth-order valence-corrected chi connectivity index (χ4v) is 3.06. The van der Waals surface area contributed by atoms with Crippen LogP contribution in [0.25, 0.3) is 11.3 Å². The monoisotopic (exact) mass is 426 g/mol. The third-order valence-electron chi connectivity index (χ3n) is 4.64. The highest BCUT2D eigenvalue weighted by molar-refractivity contribution is 5.77. The summed E-state index contributed by atoms with van der Waals surface area (Å²) in [5.41, 5.74) is 2.28. The van der Waals surface area contributed by atoms with E-state index in [2.05, 4.69) is 10.5 Å². The van der Waals surface area contributed by atoms with E-state index in [1.165, 1.54) is 0 Å². The highest BCUT2D eigenvalue weighted by Gasteiger charge is 2.16. The summed E-state index contributed by atoms with van der Waals surface area (Å²) in [6.45, 7) is 0.612. The van der Waals surface area contributed by atoms with E-state index in [1.807, 2.05) is 30.3 Å². The van der Waals surface area contributed by atoms with Crippen molar-refractivity contribution in [3.8, 4) is 34.3 Å². The zero-order valence-corrected chi connectivity index (χ0v) is 17.2. The van der Waals surface area contributed by atoms with E-state index >= 15 is 0 Å². The van der Waals surface area contributed by atoms with E-state index in [4.69, 9.17) is 28.2 Å². The molecule has 4 rings (SSSR count). The van der Waals surface area contributed by atoms with Gasteiger partial charge in [-0.15, -0.1) is 0 Å². The molecular weight excluding hydrogens is 404 g/mol. The maximum Gasteiger partial charge on any atom is 0.246 e. The van der Waals surface area contributed by atoms with E-state index in [0.717, 1.165) is 11.1 Å². The first kappa shape index (κ1) is 20.5. The molecule has 2 aromatic carbocycles. The molecule has 31 heavy (non-hydrogen) atoms. The number of benzene rings is 2. The normalized spacial score (nSPS) is 11.9. The number of rotatable bonds is 9. The number of fused-ring (bicyclic) bond motifs is 1. The lowest BCUT2D eigenvalue weighted by atomic mass is 10.1. The second kappa shape index (κ2) is 9.40. The largest absolute Gasteiger partial charge is 0.493 e. The molecule has 3 aromatic rings. The summed E-state index contributed by atoms with van der Waals surface area (Å²) < 4.78 is 32.0. The Morgan fingerprint density at radius 3 is 2.71 bits per heavy atom. The average molecular weight is 426 g/mol. The molecule has 0 atom stereocenters. The minimum absolute atomic E-state index is 0.0977. The van der Waals surface area contributed by atoms with Crippen molar-refractivity contribution in [3.63, 3.8) is 0 Å². The number of amides is 1. The van der Waals surface area contributed by atoms with Gasteiger partial charge in [0, 0.05) is 18.2 Å². The summed E-state index contributed by atoms with van der Waals surface area (Å²) in [6, 6.07) is 12.7. The van der Waals surface area contributed by atoms with Crippen molar-refractivity contribution in [2.75, 3.05) is 27.6 Å². The second-order valence-corrected chi connectivity index (χ2v) is 6.71. The Hall–Kier alpha value is -3.72. The van der Waals surface area contributed by atoms with Crippen LogP contribution in [-0.2, 0) is 22.7 Å². The van der Waals surface area contributed by atoms with Gasteiger partial charge in [0.2, 0.25) is 12.7 Å². The summed E-state index contributed by atoms with van der Waals surface area (Å²) >= 11 is 0. The van der Waals surface area contributed by atoms with Crippen molar-refractivity contribution in [2.45, 2.75) is 13.2 Å². The Kier molecular flexibility index (Phi) is 6.23. The molecule has 1 aromatic heterocycles. The minimum atomic E-state index is -0.241. The number of ether oxygens (including phenoxy) is 5. The van der Waals surface area contributed by atoms with Crippen LogP contribution < -0.4 is 24.3 Å². The lowest BCUT2D eigenvalue weighted by Gasteiger charge is -2.10. The van der Waals surface area contributed by atoms with Gasteiger partial charge < -0.3 is 33.5 Å². The Morgan fingerprint density at radius 2 is 1.87 bits per heavy atom. The van der Waals surface area contributed by atoms with Crippen LogP contribution in [-0.4, -0.2) is 38.7 Å². The van der Waals surface area contributed by atoms with E-state index < -0.39 is 0 Å². The van der Waals surface area contributed by atoms with Crippen molar-refractivity contribution < 1.29 is 33.0 Å². The van der Waals surface area contributed by atoms with Crippen molar-refractivity contribution >= 4 is 5.91 Å². The second-order valence-electron chi connectivity index (χ2n) is 6.71. The van der Waals surface area contributed by atoms with Crippen molar-refractivity contribution in [2.24, 2.45) is 0 Å². The lowest BCUT2D eigenvalue weighted by molar-refractivity contribution is -0.126. The molecule has 1 N–H and O–H groups in total. The molecular formula is C22H22N2O7. The molecule has 1 aliphatic heterocycles. The van der Waals surface area contributed by atoms with Crippen LogP contribution in [0.5, 0.6) is 23.0 Å². The van der Waals surface area contributed by atoms with Gasteiger partial charge in [-0.05, 0) is 35.9 Å². The van der Waals surface area contributed by atoms with Crippen LogP contribution in [0.3, 0.4) is 0 Å². The summed E-state index contributed by atoms with van der Waals surface area (Å²) in [4.78, 5) is 12.1. The van der Waals surface area contributed by atoms with Crippen LogP contribution in [0.1, 0.15) is 11.3 Å². The molecule has 0 aliphatic carbocycles. The van der Waals surface area contributed by atoms with Crippen LogP contribution in [0.15, 0.2) is 47.0 Å². The van der Waals surface area contributed by atoms with Gasteiger partial charge in [-0.3, -0.25) is 4.79 Å². The summed E-state index contributed by atoms with van der Waals surface area (Å²) in [7, 11) is 3.14.